The third kappa shape index (κ3) is 3.28. The van der Waals surface area contributed by atoms with Crippen molar-refractivity contribution in [1.29, 1.82) is 0 Å². The van der Waals surface area contributed by atoms with E-state index in [1.165, 1.54) is 0 Å². The highest BCUT2D eigenvalue weighted by atomic mass is 16.5. The Morgan fingerprint density at radius 2 is 2.00 bits per heavy atom. The Balaban J connectivity index is 2.06. The van der Waals surface area contributed by atoms with Gasteiger partial charge in [-0.2, -0.15) is 0 Å². The molecule has 4 nitrogen and oxygen atoms in total. The summed E-state index contributed by atoms with van der Waals surface area (Å²) in [5.41, 5.74) is 0.988. The predicted molar refractivity (Wildman–Crippen MR) is 61.5 cm³/mol. The van der Waals surface area contributed by atoms with E-state index in [0.717, 1.165) is 5.56 Å². The van der Waals surface area contributed by atoms with Crippen molar-refractivity contribution >= 4 is 5.97 Å². The quantitative estimate of drug-likeness (QED) is 0.839. The Kier molecular flexibility index (Phi) is 3.76. The molecular formula is C13H16O4. The van der Waals surface area contributed by atoms with Crippen LogP contribution in [-0.4, -0.2) is 28.4 Å². The molecule has 92 valence electrons. The molecule has 1 aliphatic heterocycles. The van der Waals surface area contributed by atoms with Crippen molar-refractivity contribution in [1.82, 2.24) is 0 Å². The lowest BCUT2D eigenvalue weighted by atomic mass is 9.95. The van der Waals surface area contributed by atoms with Crippen LogP contribution in [0.25, 0.3) is 0 Å². The first-order chi connectivity index (χ1) is 8.15. The molecule has 1 saturated heterocycles. The van der Waals surface area contributed by atoms with Crippen LogP contribution < -0.4 is 0 Å². The first-order valence-electron chi connectivity index (χ1n) is 5.75. The van der Waals surface area contributed by atoms with E-state index in [0.29, 0.717) is 12.8 Å². The van der Waals surface area contributed by atoms with E-state index in [9.17, 15) is 9.90 Å². The van der Waals surface area contributed by atoms with Gasteiger partial charge in [-0.3, -0.25) is 4.79 Å². The Bertz CT molecular complexity index is 376. The first kappa shape index (κ1) is 12.1. The Morgan fingerprint density at radius 3 is 2.65 bits per heavy atom. The minimum Gasteiger partial charge on any atom is -0.481 e. The molecule has 3 atom stereocenters. The molecular weight excluding hydrogens is 220 g/mol. The van der Waals surface area contributed by atoms with E-state index in [2.05, 4.69) is 0 Å². The summed E-state index contributed by atoms with van der Waals surface area (Å²) in [6, 6.07) is 9.59. The minimum absolute atomic E-state index is 0.0552. The zero-order valence-electron chi connectivity index (χ0n) is 9.45. The number of rotatable bonds is 3. The number of carbonyl (C=O) groups is 1. The maximum Gasteiger partial charge on any atom is 0.305 e. The third-order valence-corrected chi connectivity index (χ3v) is 2.95. The van der Waals surface area contributed by atoms with Gasteiger partial charge in [0.05, 0.1) is 24.7 Å². The molecule has 0 saturated carbocycles. The van der Waals surface area contributed by atoms with Crippen LogP contribution in [-0.2, 0) is 9.53 Å². The van der Waals surface area contributed by atoms with Gasteiger partial charge in [0.25, 0.3) is 0 Å². The predicted octanol–water partition coefficient (Wildman–Crippen LogP) is 1.74. The highest BCUT2D eigenvalue weighted by Gasteiger charge is 2.30. The minimum atomic E-state index is -0.893. The second-order valence-corrected chi connectivity index (χ2v) is 4.38. The van der Waals surface area contributed by atoms with Gasteiger partial charge in [-0.05, 0) is 5.56 Å². The molecule has 0 bridgehead atoms. The van der Waals surface area contributed by atoms with Gasteiger partial charge in [-0.1, -0.05) is 30.3 Å². The second-order valence-electron chi connectivity index (χ2n) is 4.38. The number of aliphatic hydroxyl groups is 1. The van der Waals surface area contributed by atoms with Crippen LogP contribution in [0.5, 0.6) is 0 Å². The van der Waals surface area contributed by atoms with Gasteiger partial charge in [0, 0.05) is 12.8 Å². The van der Waals surface area contributed by atoms with Crippen molar-refractivity contribution < 1.29 is 19.7 Å². The molecule has 1 aromatic rings. The number of benzene rings is 1. The summed E-state index contributed by atoms with van der Waals surface area (Å²) in [4.78, 5) is 10.7. The number of aliphatic hydroxyl groups excluding tert-OH is 1. The second kappa shape index (κ2) is 5.29. The van der Waals surface area contributed by atoms with Gasteiger partial charge in [0.2, 0.25) is 0 Å². The standard InChI is InChI=1S/C13H16O4/c14-10-6-11(8-13(15)16)17-12(7-10)9-4-2-1-3-5-9/h1-5,10-12,14H,6-8H2,(H,15,16)/t10?,11-,12+/m1/s1. The van der Waals surface area contributed by atoms with Crippen LogP contribution in [0, 0.1) is 0 Å². The van der Waals surface area contributed by atoms with Crippen LogP contribution in [0.2, 0.25) is 0 Å². The van der Waals surface area contributed by atoms with Crippen LogP contribution in [0.3, 0.4) is 0 Å². The fourth-order valence-corrected chi connectivity index (χ4v) is 2.20. The summed E-state index contributed by atoms with van der Waals surface area (Å²) in [6.45, 7) is 0. The summed E-state index contributed by atoms with van der Waals surface area (Å²) in [5, 5.41) is 18.5. The number of hydrogen-bond acceptors (Lipinski definition) is 3. The number of carboxylic acids is 1. The summed E-state index contributed by atoms with van der Waals surface area (Å²) in [6.07, 6.45) is -0.222. The van der Waals surface area contributed by atoms with Crippen LogP contribution in [0.15, 0.2) is 30.3 Å². The molecule has 0 aromatic heterocycles. The molecule has 17 heavy (non-hydrogen) atoms. The molecule has 0 amide bonds. The van der Waals surface area contributed by atoms with Crippen LogP contribution in [0.4, 0.5) is 0 Å². The monoisotopic (exact) mass is 236 g/mol. The molecule has 2 N–H and O–H groups in total. The molecule has 0 radical (unpaired) electrons. The molecule has 0 spiro atoms. The Morgan fingerprint density at radius 1 is 1.29 bits per heavy atom. The Labute approximate surface area is 99.8 Å². The SMILES string of the molecule is O=C(O)C[C@H]1CC(O)C[C@@H](c2ccccc2)O1. The lowest BCUT2D eigenvalue weighted by molar-refractivity contribution is -0.147. The number of hydrogen-bond donors (Lipinski definition) is 2. The van der Waals surface area contributed by atoms with Crippen molar-refractivity contribution in [2.24, 2.45) is 0 Å². The molecule has 1 unspecified atom stereocenters. The van der Waals surface area contributed by atoms with Crippen molar-refractivity contribution in [3.8, 4) is 0 Å². The highest BCUT2D eigenvalue weighted by molar-refractivity contribution is 5.67. The lowest BCUT2D eigenvalue weighted by Gasteiger charge is -2.32. The van der Waals surface area contributed by atoms with Gasteiger partial charge < -0.3 is 14.9 Å². The van der Waals surface area contributed by atoms with Crippen molar-refractivity contribution in [2.75, 3.05) is 0 Å². The molecule has 2 rings (SSSR count). The van der Waals surface area contributed by atoms with E-state index >= 15 is 0 Å². The molecule has 0 aliphatic carbocycles. The zero-order valence-corrected chi connectivity index (χ0v) is 9.45. The third-order valence-electron chi connectivity index (χ3n) is 2.95. The molecule has 4 heteroatoms. The van der Waals surface area contributed by atoms with Crippen molar-refractivity contribution in [2.45, 2.75) is 37.6 Å². The maximum atomic E-state index is 10.7. The molecule has 1 aromatic carbocycles. The summed E-state index contributed by atoms with van der Waals surface area (Å²) < 4.78 is 5.71. The van der Waals surface area contributed by atoms with Gasteiger partial charge in [-0.15, -0.1) is 0 Å². The Hall–Kier alpha value is -1.39. The van der Waals surface area contributed by atoms with Gasteiger partial charge >= 0.3 is 5.97 Å². The van der Waals surface area contributed by atoms with E-state index in [-0.39, 0.29) is 12.5 Å². The summed E-state index contributed by atoms with van der Waals surface area (Å²) >= 11 is 0. The fraction of sp³-hybridized carbons (Fsp3) is 0.462. The number of aliphatic carboxylic acids is 1. The summed E-state index contributed by atoms with van der Waals surface area (Å²) in [5.74, 6) is -0.893. The normalized spacial score (nSPS) is 28.9. The van der Waals surface area contributed by atoms with E-state index in [1.54, 1.807) is 0 Å². The lowest BCUT2D eigenvalue weighted by Crippen LogP contribution is -2.32. The van der Waals surface area contributed by atoms with Gasteiger partial charge in [-0.25, -0.2) is 0 Å². The molecule has 1 aliphatic rings. The maximum absolute atomic E-state index is 10.7. The van der Waals surface area contributed by atoms with E-state index < -0.39 is 18.2 Å². The zero-order chi connectivity index (χ0) is 12.3. The number of carboxylic acid groups (broad SMARTS) is 1. The largest absolute Gasteiger partial charge is 0.481 e. The van der Waals surface area contributed by atoms with Crippen molar-refractivity contribution in [3.05, 3.63) is 35.9 Å². The van der Waals surface area contributed by atoms with Gasteiger partial charge in [0.15, 0.2) is 0 Å². The average molecular weight is 236 g/mol. The fourth-order valence-electron chi connectivity index (χ4n) is 2.20. The van der Waals surface area contributed by atoms with Crippen LogP contribution in [0.1, 0.15) is 30.9 Å². The van der Waals surface area contributed by atoms with E-state index in [4.69, 9.17) is 9.84 Å². The molecule has 1 heterocycles. The average Bonchev–Trinajstić information content (AvgIpc) is 2.28. The number of ether oxygens (including phenoxy) is 1. The first-order valence-corrected chi connectivity index (χ1v) is 5.75. The van der Waals surface area contributed by atoms with Crippen LogP contribution >= 0.6 is 0 Å². The summed E-state index contributed by atoms with van der Waals surface area (Å²) in [7, 11) is 0. The smallest absolute Gasteiger partial charge is 0.305 e. The van der Waals surface area contributed by atoms with Crippen molar-refractivity contribution in [3.63, 3.8) is 0 Å². The van der Waals surface area contributed by atoms with E-state index in [1.807, 2.05) is 30.3 Å². The topological polar surface area (TPSA) is 66.8 Å². The van der Waals surface area contributed by atoms with Gasteiger partial charge in [0.1, 0.15) is 0 Å². The molecule has 1 fully saturated rings. The highest BCUT2D eigenvalue weighted by Crippen LogP contribution is 2.32.